The molecule has 0 aromatic carbocycles. The summed E-state index contributed by atoms with van der Waals surface area (Å²) in [5.74, 6) is 0.114. The molecule has 4 aromatic heterocycles. The van der Waals surface area contributed by atoms with Crippen LogP contribution in [0.2, 0.25) is 5.02 Å². The summed E-state index contributed by atoms with van der Waals surface area (Å²) in [5, 5.41) is 13.7. The van der Waals surface area contributed by atoms with Crippen molar-refractivity contribution in [3.05, 3.63) is 35.8 Å². The van der Waals surface area contributed by atoms with E-state index in [2.05, 4.69) is 25.3 Å². The van der Waals surface area contributed by atoms with Crippen LogP contribution in [0, 0.1) is 5.92 Å². The number of H-pyrrole nitrogens is 1. The predicted molar refractivity (Wildman–Crippen MR) is 106 cm³/mol. The third kappa shape index (κ3) is 3.38. The molecule has 1 atom stereocenters. The quantitative estimate of drug-likeness (QED) is 0.441. The van der Waals surface area contributed by atoms with Crippen LogP contribution in [0.1, 0.15) is 20.3 Å². The molecule has 0 aliphatic heterocycles. The summed E-state index contributed by atoms with van der Waals surface area (Å²) in [5.41, 5.74) is 2.52. The fourth-order valence-electron chi connectivity index (χ4n) is 3.06. The molecule has 0 saturated heterocycles. The summed E-state index contributed by atoms with van der Waals surface area (Å²) in [6.07, 6.45) is 4.84. The number of aromatic amines is 1. The maximum atomic E-state index is 11.2. The number of carboxylic acid groups (broad SMARTS) is 1. The Morgan fingerprint density at radius 2 is 2.21 bits per heavy atom. The third-order valence-corrected chi connectivity index (χ3v) is 4.77. The van der Waals surface area contributed by atoms with Gasteiger partial charge < -0.3 is 19.8 Å². The molecule has 0 aliphatic rings. The standard InChI is InChI=1S/C19H18ClN5O3/c1-9(2)14(6-15(26)27)24-19-16-13(3-4-28-16)23-18(25-19)12-8-22-17-11(12)5-10(20)7-21-17/h3-5,7-9,14H,6H2,1-2H3,(H,21,22)(H,26,27)(H,23,24,25)/t14-/m1/s1. The molecule has 0 radical (unpaired) electrons. The zero-order chi connectivity index (χ0) is 19.8. The zero-order valence-corrected chi connectivity index (χ0v) is 16.0. The molecule has 0 saturated carbocycles. The van der Waals surface area contributed by atoms with Crippen molar-refractivity contribution in [1.29, 1.82) is 0 Å². The summed E-state index contributed by atoms with van der Waals surface area (Å²) >= 11 is 6.10. The molecule has 4 rings (SSSR count). The summed E-state index contributed by atoms with van der Waals surface area (Å²) in [6.45, 7) is 3.91. The second-order valence-corrected chi connectivity index (χ2v) is 7.31. The van der Waals surface area contributed by atoms with E-state index in [4.69, 9.17) is 16.0 Å². The first kappa shape index (κ1) is 18.2. The van der Waals surface area contributed by atoms with Crippen molar-refractivity contribution in [3.63, 3.8) is 0 Å². The van der Waals surface area contributed by atoms with Gasteiger partial charge in [-0.3, -0.25) is 4.79 Å². The molecule has 9 heteroatoms. The molecular weight excluding hydrogens is 382 g/mol. The van der Waals surface area contributed by atoms with Gasteiger partial charge in [-0.05, 0) is 12.0 Å². The van der Waals surface area contributed by atoms with Crippen LogP contribution < -0.4 is 5.32 Å². The van der Waals surface area contributed by atoms with E-state index < -0.39 is 5.97 Å². The molecule has 0 fully saturated rings. The van der Waals surface area contributed by atoms with Crippen LogP contribution in [0.5, 0.6) is 0 Å². The van der Waals surface area contributed by atoms with Crippen LogP contribution in [0.3, 0.4) is 0 Å². The number of fused-ring (bicyclic) bond motifs is 2. The van der Waals surface area contributed by atoms with Crippen LogP contribution in [-0.2, 0) is 4.79 Å². The van der Waals surface area contributed by atoms with Crippen LogP contribution in [-0.4, -0.2) is 37.1 Å². The number of nitrogens with zero attached hydrogens (tertiary/aromatic N) is 3. The monoisotopic (exact) mass is 399 g/mol. The van der Waals surface area contributed by atoms with Gasteiger partial charge in [0.1, 0.15) is 11.2 Å². The predicted octanol–water partition coefficient (Wildman–Crippen LogP) is 4.33. The van der Waals surface area contributed by atoms with Gasteiger partial charge in [-0.25, -0.2) is 15.0 Å². The second kappa shape index (κ2) is 7.12. The SMILES string of the molecule is CC(C)[C@@H](CC(=O)O)Nc1nc(-c2c[nH]c3ncc(Cl)cc23)nc2ccoc12. The average Bonchev–Trinajstić information content (AvgIpc) is 3.26. The van der Waals surface area contributed by atoms with Crippen LogP contribution in [0.25, 0.3) is 33.5 Å². The Morgan fingerprint density at radius 3 is 2.96 bits per heavy atom. The highest BCUT2D eigenvalue weighted by atomic mass is 35.5. The van der Waals surface area contributed by atoms with Gasteiger partial charge in [0.15, 0.2) is 17.2 Å². The van der Waals surface area contributed by atoms with Gasteiger partial charge in [0.05, 0.1) is 17.7 Å². The van der Waals surface area contributed by atoms with Crippen molar-refractivity contribution >= 4 is 45.5 Å². The maximum Gasteiger partial charge on any atom is 0.305 e. The van der Waals surface area contributed by atoms with Crippen molar-refractivity contribution in [1.82, 2.24) is 19.9 Å². The molecule has 0 unspecified atom stereocenters. The molecule has 3 N–H and O–H groups in total. The van der Waals surface area contributed by atoms with Crippen molar-refractivity contribution in [3.8, 4) is 11.4 Å². The van der Waals surface area contributed by atoms with Crippen molar-refractivity contribution in [2.24, 2.45) is 5.92 Å². The van der Waals surface area contributed by atoms with Gasteiger partial charge in [-0.1, -0.05) is 25.4 Å². The molecule has 0 bridgehead atoms. The van der Waals surface area contributed by atoms with E-state index >= 15 is 0 Å². The number of rotatable bonds is 6. The highest BCUT2D eigenvalue weighted by molar-refractivity contribution is 6.31. The van der Waals surface area contributed by atoms with Gasteiger partial charge >= 0.3 is 5.97 Å². The summed E-state index contributed by atoms with van der Waals surface area (Å²) in [6, 6.07) is 3.23. The van der Waals surface area contributed by atoms with E-state index in [0.29, 0.717) is 33.4 Å². The fourth-order valence-corrected chi connectivity index (χ4v) is 3.22. The van der Waals surface area contributed by atoms with E-state index in [-0.39, 0.29) is 18.4 Å². The lowest BCUT2D eigenvalue weighted by Crippen LogP contribution is -2.29. The van der Waals surface area contributed by atoms with Crippen LogP contribution in [0.15, 0.2) is 35.2 Å². The number of carboxylic acids is 1. The Kier molecular flexibility index (Phi) is 4.64. The Hall–Kier alpha value is -3.13. The first-order valence-electron chi connectivity index (χ1n) is 8.79. The molecule has 0 aliphatic carbocycles. The van der Waals surface area contributed by atoms with Crippen LogP contribution in [0.4, 0.5) is 5.82 Å². The van der Waals surface area contributed by atoms with Crippen LogP contribution >= 0.6 is 11.6 Å². The minimum absolute atomic E-state index is 0.0359. The lowest BCUT2D eigenvalue weighted by molar-refractivity contribution is -0.137. The highest BCUT2D eigenvalue weighted by Gasteiger charge is 2.21. The number of aromatic nitrogens is 4. The van der Waals surface area contributed by atoms with E-state index in [1.807, 2.05) is 13.8 Å². The van der Waals surface area contributed by atoms with Crippen molar-refractivity contribution < 1.29 is 14.3 Å². The molecule has 0 spiro atoms. The van der Waals surface area contributed by atoms with Gasteiger partial charge in [0.25, 0.3) is 0 Å². The Morgan fingerprint density at radius 1 is 1.39 bits per heavy atom. The third-order valence-electron chi connectivity index (χ3n) is 4.56. The number of aliphatic carboxylic acids is 1. The maximum absolute atomic E-state index is 11.2. The number of hydrogen-bond acceptors (Lipinski definition) is 6. The Labute approximate surface area is 165 Å². The summed E-state index contributed by atoms with van der Waals surface area (Å²) in [4.78, 5) is 27.8. The molecule has 0 amide bonds. The minimum Gasteiger partial charge on any atom is -0.481 e. The normalized spacial score (nSPS) is 12.7. The smallest absolute Gasteiger partial charge is 0.305 e. The topological polar surface area (TPSA) is 117 Å². The largest absolute Gasteiger partial charge is 0.481 e. The lowest BCUT2D eigenvalue weighted by atomic mass is 10.0. The molecule has 8 nitrogen and oxygen atoms in total. The first-order valence-corrected chi connectivity index (χ1v) is 9.16. The lowest BCUT2D eigenvalue weighted by Gasteiger charge is -2.21. The minimum atomic E-state index is -0.881. The van der Waals surface area contributed by atoms with Crippen molar-refractivity contribution in [2.75, 3.05) is 5.32 Å². The highest BCUT2D eigenvalue weighted by Crippen LogP contribution is 2.31. The van der Waals surface area contributed by atoms with Gasteiger partial charge in [-0.2, -0.15) is 0 Å². The molecule has 4 heterocycles. The van der Waals surface area contributed by atoms with Gasteiger partial charge in [0.2, 0.25) is 0 Å². The second-order valence-electron chi connectivity index (χ2n) is 6.88. The van der Waals surface area contributed by atoms with Crippen molar-refractivity contribution in [2.45, 2.75) is 26.3 Å². The molecule has 28 heavy (non-hydrogen) atoms. The Bertz CT molecular complexity index is 1170. The molecule has 144 valence electrons. The van der Waals surface area contributed by atoms with E-state index in [0.717, 1.165) is 10.9 Å². The number of carbonyl (C=O) groups is 1. The average molecular weight is 400 g/mol. The first-order chi connectivity index (χ1) is 13.4. The zero-order valence-electron chi connectivity index (χ0n) is 15.2. The molecule has 4 aromatic rings. The Balaban J connectivity index is 1.82. The summed E-state index contributed by atoms with van der Waals surface area (Å²) < 4.78 is 5.54. The number of halogens is 1. The van der Waals surface area contributed by atoms with Gasteiger partial charge in [-0.15, -0.1) is 0 Å². The van der Waals surface area contributed by atoms with E-state index in [9.17, 15) is 9.90 Å². The molecular formula is C19H18ClN5O3. The van der Waals surface area contributed by atoms with E-state index in [1.165, 1.54) is 6.26 Å². The number of furan rings is 1. The number of hydrogen-bond donors (Lipinski definition) is 3. The van der Waals surface area contributed by atoms with Gasteiger partial charge in [0, 0.05) is 35.5 Å². The number of pyridine rings is 1. The van der Waals surface area contributed by atoms with E-state index in [1.54, 1.807) is 24.5 Å². The fraction of sp³-hybridized carbons (Fsp3) is 0.263. The number of anilines is 1. The summed E-state index contributed by atoms with van der Waals surface area (Å²) in [7, 11) is 0. The number of nitrogens with one attached hydrogen (secondary N) is 2.